The predicted molar refractivity (Wildman–Crippen MR) is 160 cm³/mol. The van der Waals surface area contributed by atoms with Crippen molar-refractivity contribution in [3.8, 4) is 17.2 Å². The van der Waals surface area contributed by atoms with Gasteiger partial charge in [0.1, 0.15) is 22.8 Å². The van der Waals surface area contributed by atoms with Crippen LogP contribution in [0.1, 0.15) is 27.9 Å². The highest BCUT2D eigenvalue weighted by atomic mass is 16.5. The molecule has 1 amide bonds. The molecule has 2 aromatic rings. The van der Waals surface area contributed by atoms with Crippen molar-refractivity contribution in [3.05, 3.63) is 63.6 Å². The van der Waals surface area contributed by atoms with E-state index in [2.05, 4.69) is 5.32 Å². The zero-order chi connectivity index (χ0) is 32.4. The molecule has 5 rings (SSSR count). The number of primary amides is 1. The van der Waals surface area contributed by atoms with Gasteiger partial charge in [0.15, 0.2) is 22.9 Å². The second-order valence-electron chi connectivity index (χ2n) is 11.9. The number of rotatable bonds is 7. The van der Waals surface area contributed by atoms with E-state index in [0.29, 0.717) is 22.6 Å². The minimum absolute atomic E-state index is 0.000354. The van der Waals surface area contributed by atoms with Gasteiger partial charge in [-0.3, -0.25) is 19.3 Å². The van der Waals surface area contributed by atoms with Crippen molar-refractivity contribution in [1.29, 1.82) is 0 Å². The van der Waals surface area contributed by atoms with Crippen LogP contribution >= 0.6 is 0 Å². The van der Waals surface area contributed by atoms with Crippen LogP contribution in [0.4, 0.5) is 11.4 Å². The lowest BCUT2D eigenvalue weighted by Crippen LogP contribution is -2.63. The van der Waals surface area contributed by atoms with E-state index in [1.165, 1.54) is 18.1 Å². The molecule has 0 fully saturated rings. The standard InChI is InChI=1S/C31H36N4O9/c1-34(2)18-11-17(33-12-13-6-7-20(44-5)19(36)8-13)25(37)22-15(18)9-14-10-16-24(35(3)4)27(39)23(30(32)42)29(41)31(16,43)28(40)21(14)26(22)38/h6-8,11,14,16,24,33,36-37,39-40,43H,9-10,12H2,1-5H3,(H2,32,42)/t14-,16-,24?,31+/m1/s1. The normalized spacial score (nSPS) is 24.6. The summed E-state index contributed by atoms with van der Waals surface area (Å²) in [5.74, 6) is -6.82. The number of ether oxygens (including phenoxy) is 1. The first-order valence-electron chi connectivity index (χ1n) is 14.0. The van der Waals surface area contributed by atoms with Crippen LogP contribution in [0, 0.1) is 11.8 Å². The van der Waals surface area contributed by atoms with Gasteiger partial charge in [0.2, 0.25) is 5.78 Å². The minimum Gasteiger partial charge on any atom is -0.510 e. The lowest BCUT2D eigenvalue weighted by Gasteiger charge is -2.50. The SMILES string of the molecule is COc1ccc(CNc2cc(N(C)C)c3c(c2O)C(=O)C2=C(O)[C@]4(O)C(=O)C(C(N)=O)=C(O)C(N(C)C)[C@H]4C[C@H]2C3)cc1O. The number of anilines is 2. The van der Waals surface area contributed by atoms with Crippen LogP contribution in [-0.2, 0) is 22.6 Å². The van der Waals surface area contributed by atoms with E-state index in [-0.39, 0.29) is 42.0 Å². The predicted octanol–water partition coefficient (Wildman–Crippen LogP) is 1.51. The van der Waals surface area contributed by atoms with Gasteiger partial charge in [0, 0.05) is 37.8 Å². The van der Waals surface area contributed by atoms with Gasteiger partial charge in [-0.15, -0.1) is 0 Å². The van der Waals surface area contributed by atoms with Crippen LogP contribution in [0.3, 0.4) is 0 Å². The van der Waals surface area contributed by atoms with Crippen LogP contribution in [0.2, 0.25) is 0 Å². The first-order chi connectivity index (χ1) is 20.6. The maximum Gasteiger partial charge on any atom is 0.255 e. The van der Waals surface area contributed by atoms with Crippen LogP contribution in [-0.4, -0.2) is 94.8 Å². The first kappa shape index (κ1) is 30.7. The monoisotopic (exact) mass is 608 g/mol. The third-order valence-electron chi connectivity index (χ3n) is 8.91. The molecule has 8 N–H and O–H groups in total. The van der Waals surface area contributed by atoms with E-state index in [0.717, 1.165) is 0 Å². The number of fused-ring (bicyclic) bond motifs is 3. The Morgan fingerprint density at radius 3 is 2.36 bits per heavy atom. The van der Waals surface area contributed by atoms with E-state index in [1.54, 1.807) is 51.3 Å². The first-order valence-corrected chi connectivity index (χ1v) is 14.0. The van der Waals surface area contributed by atoms with Crippen LogP contribution in [0.25, 0.3) is 0 Å². The largest absolute Gasteiger partial charge is 0.510 e. The molecule has 1 unspecified atom stereocenters. The highest BCUT2D eigenvalue weighted by Crippen LogP contribution is 2.54. The number of carbonyl (C=O) groups excluding carboxylic acids is 3. The second kappa shape index (κ2) is 10.8. The van der Waals surface area contributed by atoms with E-state index in [1.807, 2.05) is 0 Å². The molecule has 3 aliphatic rings. The smallest absolute Gasteiger partial charge is 0.255 e. The summed E-state index contributed by atoms with van der Waals surface area (Å²) in [6.45, 7) is 0.162. The number of benzene rings is 2. The maximum absolute atomic E-state index is 14.2. The molecule has 3 aliphatic carbocycles. The maximum atomic E-state index is 14.2. The number of methoxy groups -OCH3 is 1. The third kappa shape index (κ3) is 4.42. The highest BCUT2D eigenvalue weighted by molar-refractivity contribution is 6.25. The van der Waals surface area contributed by atoms with E-state index in [4.69, 9.17) is 10.5 Å². The summed E-state index contributed by atoms with van der Waals surface area (Å²) in [4.78, 5) is 43.2. The van der Waals surface area contributed by atoms with Gasteiger partial charge in [-0.1, -0.05) is 6.07 Å². The van der Waals surface area contributed by atoms with Gasteiger partial charge < -0.3 is 46.2 Å². The molecule has 13 heteroatoms. The van der Waals surface area contributed by atoms with Crippen molar-refractivity contribution in [2.75, 3.05) is 45.5 Å². The molecule has 13 nitrogen and oxygen atoms in total. The summed E-state index contributed by atoms with van der Waals surface area (Å²) >= 11 is 0. The highest BCUT2D eigenvalue weighted by Gasteiger charge is 2.63. The molecule has 2 aromatic carbocycles. The topological polar surface area (TPSA) is 206 Å². The van der Waals surface area contributed by atoms with E-state index in [9.17, 15) is 39.9 Å². The molecule has 0 spiro atoms. The van der Waals surface area contributed by atoms with Gasteiger partial charge in [-0.25, -0.2) is 0 Å². The fraction of sp³-hybridized carbons (Fsp3) is 0.387. The Bertz CT molecular complexity index is 1660. The summed E-state index contributed by atoms with van der Waals surface area (Å²) in [5.41, 5.74) is 3.49. The molecule has 234 valence electrons. The Kier molecular flexibility index (Phi) is 7.50. The molecule has 0 aromatic heterocycles. The molecular weight excluding hydrogens is 572 g/mol. The molecule has 0 saturated heterocycles. The number of nitrogens with one attached hydrogen (secondary N) is 1. The number of aromatic hydroxyl groups is 2. The number of carbonyl (C=O) groups is 3. The number of aliphatic hydroxyl groups is 3. The van der Waals surface area contributed by atoms with Crippen molar-refractivity contribution in [2.45, 2.75) is 31.0 Å². The number of likely N-dealkylation sites (N-methyl/N-ethyl adjacent to an activating group) is 1. The van der Waals surface area contributed by atoms with Crippen LogP contribution in [0.5, 0.6) is 17.2 Å². The van der Waals surface area contributed by atoms with Gasteiger partial charge in [-0.05, 0) is 62.2 Å². The molecule has 0 radical (unpaired) electrons. The second-order valence-corrected chi connectivity index (χ2v) is 11.9. The summed E-state index contributed by atoms with van der Waals surface area (Å²) in [6, 6.07) is 5.45. The average Bonchev–Trinajstić information content (AvgIpc) is 2.94. The number of phenolic OH excluding ortho intramolecular Hbond substituents is 2. The zero-order valence-electron chi connectivity index (χ0n) is 25.0. The van der Waals surface area contributed by atoms with Crippen LogP contribution < -0.4 is 20.7 Å². The van der Waals surface area contributed by atoms with Crippen molar-refractivity contribution in [1.82, 2.24) is 4.90 Å². The Balaban J connectivity index is 1.62. The van der Waals surface area contributed by atoms with Gasteiger partial charge in [0.05, 0.1) is 24.4 Å². The minimum atomic E-state index is -2.71. The van der Waals surface area contributed by atoms with E-state index >= 15 is 0 Å². The number of ketones is 2. The Hall–Kier alpha value is -4.75. The summed E-state index contributed by atoms with van der Waals surface area (Å²) < 4.78 is 5.08. The molecule has 0 aliphatic heterocycles. The molecular formula is C31H36N4O9. The Labute approximate surface area is 253 Å². The molecule has 4 atom stereocenters. The van der Waals surface area contributed by atoms with Crippen molar-refractivity contribution >= 4 is 28.8 Å². The fourth-order valence-electron chi connectivity index (χ4n) is 6.88. The van der Waals surface area contributed by atoms with Gasteiger partial charge >= 0.3 is 0 Å². The number of nitrogens with zero attached hydrogens (tertiary/aromatic N) is 2. The quantitative estimate of drug-likeness (QED) is 0.176. The van der Waals surface area contributed by atoms with Crippen molar-refractivity contribution in [3.63, 3.8) is 0 Å². The summed E-state index contributed by atoms with van der Waals surface area (Å²) in [6.07, 6.45) is 0.169. The van der Waals surface area contributed by atoms with E-state index < -0.39 is 63.8 Å². The molecule has 0 heterocycles. The Morgan fingerprint density at radius 1 is 1.11 bits per heavy atom. The Morgan fingerprint density at radius 2 is 1.80 bits per heavy atom. The number of amides is 1. The number of phenols is 2. The summed E-state index contributed by atoms with van der Waals surface area (Å²) in [7, 11) is 8.15. The van der Waals surface area contributed by atoms with Gasteiger partial charge in [-0.2, -0.15) is 0 Å². The number of hydrogen-bond acceptors (Lipinski definition) is 12. The third-order valence-corrected chi connectivity index (χ3v) is 8.91. The lowest BCUT2D eigenvalue weighted by atomic mass is 9.58. The molecule has 0 saturated carbocycles. The van der Waals surface area contributed by atoms with Crippen molar-refractivity contribution in [2.24, 2.45) is 17.6 Å². The number of Topliss-reactive ketones (excluding diaryl/α,β-unsaturated/α-hetero) is 2. The number of aliphatic hydroxyl groups excluding tert-OH is 2. The molecule has 0 bridgehead atoms. The fourth-order valence-corrected chi connectivity index (χ4v) is 6.88. The number of nitrogens with two attached hydrogens (primary N) is 1. The van der Waals surface area contributed by atoms with Gasteiger partial charge in [0.25, 0.3) is 5.91 Å². The van der Waals surface area contributed by atoms with Crippen LogP contribution in [0.15, 0.2) is 46.9 Å². The number of hydrogen-bond donors (Lipinski definition) is 7. The lowest BCUT2D eigenvalue weighted by molar-refractivity contribution is -0.148. The zero-order valence-corrected chi connectivity index (χ0v) is 25.0. The average molecular weight is 609 g/mol. The molecule has 44 heavy (non-hydrogen) atoms. The summed E-state index contributed by atoms with van der Waals surface area (Å²) in [5, 5.41) is 58.9. The van der Waals surface area contributed by atoms with Crippen molar-refractivity contribution < 1.29 is 44.7 Å². The number of allylic oxidation sites excluding steroid dienone is 1.